The third kappa shape index (κ3) is 4.30. The highest BCUT2D eigenvalue weighted by molar-refractivity contribution is 5.79. The summed E-state index contributed by atoms with van der Waals surface area (Å²) >= 11 is 0. The second-order valence-electron chi connectivity index (χ2n) is 3.75. The Bertz CT molecular complexity index is 382. The van der Waals surface area contributed by atoms with Crippen molar-refractivity contribution in [1.82, 2.24) is 0 Å². The van der Waals surface area contributed by atoms with Crippen LogP contribution in [0, 0.1) is 5.82 Å². The van der Waals surface area contributed by atoms with E-state index in [0.717, 1.165) is 25.2 Å². The molecule has 0 aliphatic rings. The SMILES string of the molecule is CCN(CCC/C(N)=N/O)c1cccc(F)c1. The van der Waals surface area contributed by atoms with Crippen molar-refractivity contribution in [3.8, 4) is 0 Å². The van der Waals surface area contributed by atoms with Crippen molar-refractivity contribution in [1.29, 1.82) is 0 Å². The van der Waals surface area contributed by atoms with E-state index in [1.165, 1.54) is 12.1 Å². The molecular weight excluding hydrogens is 221 g/mol. The van der Waals surface area contributed by atoms with Gasteiger partial charge in [-0.05, 0) is 31.5 Å². The normalized spacial score (nSPS) is 11.5. The van der Waals surface area contributed by atoms with E-state index in [-0.39, 0.29) is 11.7 Å². The van der Waals surface area contributed by atoms with Crippen molar-refractivity contribution < 1.29 is 9.60 Å². The molecular formula is C12H18FN3O. The van der Waals surface area contributed by atoms with Crippen LogP contribution in [0.3, 0.4) is 0 Å². The highest BCUT2D eigenvalue weighted by Gasteiger charge is 2.05. The number of nitrogens with zero attached hydrogens (tertiary/aromatic N) is 2. The van der Waals surface area contributed by atoms with Gasteiger partial charge < -0.3 is 15.8 Å². The molecule has 0 aromatic heterocycles. The van der Waals surface area contributed by atoms with E-state index in [1.54, 1.807) is 6.07 Å². The molecule has 1 rings (SSSR count). The summed E-state index contributed by atoms with van der Waals surface area (Å²) in [5.41, 5.74) is 6.24. The van der Waals surface area contributed by atoms with Gasteiger partial charge in [0.2, 0.25) is 0 Å². The first-order valence-electron chi connectivity index (χ1n) is 5.64. The molecule has 3 N–H and O–H groups in total. The van der Waals surface area contributed by atoms with Crippen molar-refractivity contribution in [2.75, 3.05) is 18.0 Å². The van der Waals surface area contributed by atoms with Crippen molar-refractivity contribution >= 4 is 11.5 Å². The molecule has 0 aliphatic heterocycles. The first kappa shape index (κ1) is 13.3. The maximum absolute atomic E-state index is 13.1. The van der Waals surface area contributed by atoms with Crippen LogP contribution in [0.4, 0.5) is 10.1 Å². The number of rotatable bonds is 6. The van der Waals surface area contributed by atoms with Gasteiger partial charge in [0.25, 0.3) is 0 Å². The molecule has 1 aromatic rings. The zero-order chi connectivity index (χ0) is 12.7. The first-order chi connectivity index (χ1) is 8.17. The number of hydrogen-bond donors (Lipinski definition) is 2. The van der Waals surface area contributed by atoms with E-state index in [4.69, 9.17) is 10.9 Å². The molecule has 94 valence electrons. The Morgan fingerprint density at radius 1 is 1.53 bits per heavy atom. The summed E-state index contributed by atoms with van der Waals surface area (Å²) < 4.78 is 13.1. The molecule has 0 aliphatic carbocycles. The number of benzene rings is 1. The summed E-state index contributed by atoms with van der Waals surface area (Å²) in [6.07, 6.45) is 1.29. The predicted octanol–water partition coefficient (Wildman–Crippen LogP) is 2.18. The summed E-state index contributed by atoms with van der Waals surface area (Å²) in [6.45, 7) is 3.55. The Hall–Kier alpha value is -1.78. The molecule has 0 radical (unpaired) electrons. The van der Waals surface area contributed by atoms with Crippen LogP contribution in [0.15, 0.2) is 29.4 Å². The summed E-state index contributed by atoms with van der Waals surface area (Å²) in [5.74, 6) is -0.0160. The second kappa shape index (κ2) is 6.73. The van der Waals surface area contributed by atoms with Gasteiger partial charge in [0.15, 0.2) is 0 Å². The zero-order valence-electron chi connectivity index (χ0n) is 9.93. The highest BCUT2D eigenvalue weighted by Crippen LogP contribution is 2.15. The first-order valence-corrected chi connectivity index (χ1v) is 5.64. The van der Waals surface area contributed by atoms with E-state index in [0.29, 0.717) is 6.42 Å². The van der Waals surface area contributed by atoms with Gasteiger partial charge in [-0.15, -0.1) is 0 Å². The van der Waals surface area contributed by atoms with E-state index >= 15 is 0 Å². The number of halogens is 1. The fourth-order valence-electron chi connectivity index (χ4n) is 1.64. The van der Waals surface area contributed by atoms with Crippen LogP contribution >= 0.6 is 0 Å². The third-order valence-corrected chi connectivity index (χ3v) is 2.54. The number of oxime groups is 1. The summed E-state index contributed by atoms with van der Waals surface area (Å²) in [6, 6.07) is 6.49. The number of nitrogens with two attached hydrogens (primary N) is 1. The molecule has 0 atom stereocenters. The molecule has 0 unspecified atom stereocenters. The average Bonchev–Trinajstić information content (AvgIpc) is 2.34. The fraction of sp³-hybridized carbons (Fsp3) is 0.417. The lowest BCUT2D eigenvalue weighted by Gasteiger charge is -2.22. The lowest BCUT2D eigenvalue weighted by Crippen LogP contribution is -2.25. The average molecular weight is 239 g/mol. The molecule has 0 fully saturated rings. The maximum atomic E-state index is 13.1. The van der Waals surface area contributed by atoms with Crippen LogP contribution in [0.1, 0.15) is 19.8 Å². The molecule has 4 nitrogen and oxygen atoms in total. The molecule has 0 spiro atoms. The fourth-order valence-corrected chi connectivity index (χ4v) is 1.64. The summed E-state index contributed by atoms with van der Waals surface area (Å²) in [5, 5.41) is 11.3. The van der Waals surface area contributed by atoms with Gasteiger partial charge in [-0.1, -0.05) is 11.2 Å². The van der Waals surface area contributed by atoms with Gasteiger partial charge in [-0.3, -0.25) is 0 Å². The number of amidine groups is 1. The van der Waals surface area contributed by atoms with Crippen LogP contribution in [-0.2, 0) is 0 Å². The Morgan fingerprint density at radius 2 is 2.29 bits per heavy atom. The van der Waals surface area contributed by atoms with E-state index in [1.807, 2.05) is 17.9 Å². The van der Waals surface area contributed by atoms with Crippen molar-refractivity contribution in [3.05, 3.63) is 30.1 Å². The third-order valence-electron chi connectivity index (χ3n) is 2.54. The zero-order valence-corrected chi connectivity index (χ0v) is 9.93. The maximum Gasteiger partial charge on any atom is 0.139 e. The van der Waals surface area contributed by atoms with Gasteiger partial charge in [0.05, 0.1) is 0 Å². The van der Waals surface area contributed by atoms with E-state index in [2.05, 4.69) is 5.16 Å². The van der Waals surface area contributed by atoms with Crippen LogP contribution < -0.4 is 10.6 Å². The van der Waals surface area contributed by atoms with Gasteiger partial charge in [-0.25, -0.2) is 4.39 Å². The Labute approximate surface area is 101 Å². The Morgan fingerprint density at radius 3 is 2.88 bits per heavy atom. The molecule has 0 saturated carbocycles. The molecule has 0 amide bonds. The molecule has 0 saturated heterocycles. The quantitative estimate of drug-likeness (QED) is 0.346. The number of hydrogen-bond acceptors (Lipinski definition) is 3. The van der Waals surface area contributed by atoms with Crippen LogP contribution in [0.25, 0.3) is 0 Å². The highest BCUT2D eigenvalue weighted by atomic mass is 19.1. The lowest BCUT2D eigenvalue weighted by atomic mass is 10.2. The van der Waals surface area contributed by atoms with Gasteiger partial charge in [0.1, 0.15) is 11.7 Å². The number of anilines is 1. The standard InChI is InChI=1S/C12H18FN3O/c1-2-16(8-4-7-12(14)15-17)11-6-3-5-10(13)9-11/h3,5-6,9,17H,2,4,7-8H2,1H3,(H2,14,15). The monoisotopic (exact) mass is 239 g/mol. The van der Waals surface area contributed by atoms with Gasteiger partial charge in [-0.2, -0.15) is 0 Å². The molecule has 1 aromatic carbocycles. The van der Waals surface area contributed by atoms with Gasteiger partial charge >= 0.3 is 0 Å². The van der Waals surface area contributed by atoms with E-state index < -0.39 is 0 Å². The Kier molecular flexibility index (Phi) is 5.26. The van der Waals surface area contributed by atoms with Crippen molar-refractivity contribution in [2.24, 2.45) is 10.9 Å². The predicted molar refractivity (Wildman–Crippen MR) is 66.9 cm³/mol. The minimum absolute atomic E-state index is 0.222. The van der Waals surface area contributed by atoms with Crippen LogP contribution in [0.2, 0.25) is 0 Å². The van der Waals surface area contributed by atoms with Crippen molar-refractivity contribution in [2.45, 2.75) is 19.8 Å². The summed E-state index contributed by atoms with van der Waals surface area (Å²) in [7, 11) is 0. The minimum atomic E-state index is -0.239. The molecule has 5 heteroatoms. The smallest absolute Gasteiger partial charge is 0.139 e. The largest absolute Gasteiger partial charge is 0.409 e. The van der Waals surface area contributed by atoms with Crippen LogP contribution in [0.5, 0.6) is 0 Å². The topological polar surface area (TPSA) is 61.8 Å². The molecule has 0 heterocycles. The van der Waals surface area contributed by atoms with Crippen LogP contribution in [-0.4, -0.2) is 24.1 Å². The lowest BCUT2D eigenvalue weighted by molar-refractivity contribution is 0.316. The Balaban J connectivity index is 2.54. The molecule has 17 heavy (non-hydrogen) atoms. The molecule has 0 bridgehead atoms. The minimum Gasteiger partial charge on any atom is -0.409 e. The second-order valence-corrected chi connectivity index (χ2v) is 3.75. The van der Waals surface area contributed by atoms with Gasteiger partial charge in [0, 0.05) is 25.2 Å². The van der Waals surface area contributed by atoms with Crippen molar-refractivity contribution in [3.63, 3.8) is 0 Å². The summed E-state index contributed by atoms with van der Waals surface area (Å²) in [4.78, 5) is 2.05. The van der Waals surface area contributed by atoms with E-state index in [9.17, 15) is 4.39 Å².